The van der Waals surface area contributed by atoms with Crippen LogP contribution in [0.4, 0.5) is 0 Å². The third-order valence-electron chi connectivity index (χ3n) is 1.54. The van der Waals surface area contributed by atoms with Crippen molar-refractivity contribution in [2.45, 2.75) is 6.92 Å². The maximum absolute atomic E-state index is 8.35. The summed E-state index contributed by atoms with van der Waals surface area (Å²) in [6.07, 6.45) is 0.750. The monoisotopic (exact) mass is 133 g/mol. The molecule has 2 rings (SSSR count). The highest BCUT2D eigenvalue weighted by molar-refractivity contribution is 5.80. The van der Waals surface area contributed by atoms with E-state index in [4.69, 9.17) is 10.2 Å². The summed E-state index contributed by atoms with van der Waals surface area (Å²) in [5.74, 6) is 0. The zero-order valence-corrected chi connectivity index (χ0v) is 5.64. The zero-order valence-electron chi connectivity index (χ0n) is 5.64. The molecule has 0 saturated heterocycles. The van der Waals surface area contributed by atoms with E-state index in [-0.39, 0.29) is 0 Å². The lowest BCUT2D eigenvalue weighted by Crippen LogP contribution is -1.93. The lowest BCUT2D eigenvalue weighted by Gasteiger charge is -2.17. The lowest BCUT2D eigenvalue weighted by molar-refractivity contribution is 0.563. The largest absolute Gasteiger partial charge is 0.231 e. The van der Waals surface area contributed by atoms with Crippen LogP contribution in [0, 0.1) is 12.3 Å². The van der Waals surface area contributed by atoms with Crippen LogP contribution < -0.4 is 0 Å². The summed E-state index contributed by atoms with van der Waals surface area (Å²) < 4.78 is 0. The van der Waals surface area contributed by atoms with Crippen LogP contribution in [-0.4, -0.2) is 6.08 Å². The summed E-state index contributed by atoms with van der Waals surface area (Å²) in [7, 11) is 0. The number of fused-ring (bicyclic) bond motifs is 1. The molecule has 2 aliphatic carbocycles. The van der Waals surface area contributed by atoms with Gasteiger partial charge in [-0.05, 0) is 23.6 Å². The van der Waals surface area contributed by atoms with Crippen molar-refractivity contribution in [1.82, 2.24) is 0 Å². The van der Waals surface area contributed by atoms with Crippen LogP contribution >= 0.6 is 0 Å². The molecule has 2 nitrogen and oxygen atoms in total. The molecule has 2 aliphatic rings. The first-order chi connectivity index (χ1) is 4.79. The van der Waals surface area contributed by atoms with E-state index in [1.807, 2.05) is 0 Å². The Balaban J connectivity index is 0.000000148. The number of hydrogen-bond acceptors (Lipinski definition) is 2. The molecule has 0 spiro atoms. The average Bonchev–Trinajstić information content (AvgIpc) is 1.84. The normalized spacial score (nSPS) is 8.90. The van der Waals surface area contributed by atoms with Crippen molar-refractivity contribution < 1.29 is 4.79 Å². The SMILES string of the molecule is Cc1cc2ccc1-2.N=C=O. The van der Waals surface area contributed by atoms with E-state index < -0.39 is 0 Å². The molecular weight excluding hydrogens is 126 g/mol. The second kappa shape index (κ2) is 2.46. The molecule has 0 radical (unpaired) electrons. The first-order valence-electron chi connectivity index (χ1n) is 2.94. The minimum Gasteiger partial charge on any atom is -0.222 e. The van der Waals surface area contributed by atoms with Crippen molar-refractivity contribution in [3.05, 3.63) is 23.8 Å². The van der Waals surface area contributed by atoms with Gasteiger partial charge in [0.15, 0.2) is 0 Å². The minimum atomic E-state index is 0.750. The Bertz CT molecular complexity index is 285. The van der Waals surface area contributed by atoms with Crippen molar-refractivity contribution in [2.75, 3.05) is 0 Å². The molecule has 50 valence electrons. The Labute approximate surface area is 59.0 Å². The van der Waals surface area contributed by atoms with Crippen molar-refractivity contribution in [1.29, 1.82) is 5.41 Å². The number of aryl methyl sites for hydroxylation is 1. The van der Waals surface area contributed by atoms with Crippen LogP contribution in [0.5, 0.6) is 0 Å². The fourth-order valence-corrected chi connectivity index (χ4v) is 0.981. The van der Waals surface area contributed by atoms with E-state index in [0.717, 1.165) is 6.08 Å². The predicted molar refractivity (Wildman–Crippen MR) is 38.6 cm³/mol. The van der Waals surface area contributed by atoms with Gasteiger partial charge in [-0.3, -0.25) is 0 Å². The molecular formula is C8H7NO. The number of hydrogen-bond donors (Lipinski definition) is 1. The molecule has 0 aromatic rings. The number of nitrogens with one attached hydrogen (secondary N) is 1. The molecule has 0 aromatic carbocycles. The molecule has 0 aromatic heterocycles. The number of isocyanates is 1. The quantitative estimate of drug-likeness (QED) is 0.432. The molecule has 0 amide bonds. The van der Waals surface area contributed by atoms with Gasteiger partial charge in [-0.2, -0.15) is 0 Å². The minimum absolute atomic E-state index is 0.750. The fraction of sp³-hybridized carbons (Fsp3) is 0.125. The molecule has 1 N–H and O–H groups in total. The Kier molecular flexibility index (Phi) is 1.65. The Morgan fingerprint density at radius 3 is 2.10 bits per heavy atom. The summed E-state index contributed by atoms with van der Waals surface area (Å²) in [5.41, 5.74) is 4.36. The maximum Gasteiger partial charge on any atom is 0.231 e. The third-order valence-corrected chi connectivity index (χ3v) is 1.54. The van der Waals surface area contributed by atoms with Gasteiger partial charge in [0.1, 0.15) is 0 Å². The van der Waals surface area contributed by atoms with E-state index in [1.165, 1.54) is 16.7 Å². The second-order valence-electron chi connectivity index (χ2n) is 2.13. The van der Waals surface area contributed by atoms with Crippen molar-refractivity contribution >= 4 is 6.08 Å². The number of rotatable bonds is 0. The van der Waals surface area contributed by atoms with Gasteiger partial charge in [0, 0.05) is 0 Å². The van der Waals surface area contributed by atoms with Crippen molar-refractivity contribution in [2.24, 2.45) is 0 Å². The van der Waals surface area contributed by atoms with Gasteiger partial charge in [-0.1, -0.05) is 18.2 Å². The summed E-state index contributed by atoms with van der Waals surface area (Å²) in [4.78, 5) is 8.35. The highest BCUT2D eigenvalue weighted by Crippen LogP contribution is 2.35. The van der Waals surface area contributed by atoms with Gasteiger partial charge < -0.3 is 0 Å². The Hall–Kier alpha value is -1.40. The molecule has 0 heterocycles. The molecule has 0 atom stereocenters. The predicted octanol–water partition coefficient (Wildman–Crippen LogP) is 1.88. The van der Waals surface area contributed by atoms with Crippen LogP contribution in [0.15, 0.2) is 18.2 Å². The molecule has 10 heavy (non-hydrogen) atoms. The van der Waals surface area contributed by atoms with Gasteiger partial charge in [-0.25, -0.2) is 10.2 Å². The van der Waals surface area contributed by atoms with Gasteiger partial charge in [0.2, 0.25) is 6.08 Å². The molecule has 2 heteroatoms. The second-order valence-corrected chi connectivity index (χ2v) is 2.13. The molecule has 0 fully saturated rings. The third kappa shape index (κ3) is 0.850. The lowest BCUT2D eigenvalue weighted by atomic mass is 9.88. The Morgan fingerprint density at radius 1 is 1.50 bits per heavy atom. The van der Waals surface area contributed by atoms with Crippen LogP contribution in [0.3, 0.4) is 0 Å². The Morgan fingerprint density at radius 2 is 2.10 bits per heavy atom. The zero-order chi connectivity index (χ0) is 7.56. The molecule has 0 aliphatic heterocycles. The maximum atomic E-state index is 8.35. The summed E-state index contributed by atoms with van der Waals surface area (Å²) in [5, 5.41) is 5.40. The van der Waals surface area contributed by atoms with E-state index in [1.54, 1.807) is 0 Å². The van der Waals surface area contributed by atoms with Crippen LogP contribution in [0.2, 0.25) is 0 Å². The summed E-state index contributed by atoms with van der Waals surface area (Å²) in [6.45, 7) is 2.14. The van der Waals surface area contributed by atoms with Gasteiger partial charge in [0.25, 0.3) is 0 Å². The standard InChI is InChI=1S/C7H6.CHNO/c1-5-4-6-2-3-7(5)6;2-1-3/h2-4H,1H3;2H. The van der Waals surface area contributed by atoms with Gasteiger partial charge in [-0.15, -0.1) is 0 Å². The molecule has 0 saturated carbocycles. The van der Waals surface area contributed by atoms with Gasteiger partial charge >= 0.3 is 0 Å². The van der Waals surface area contributed by atoms with Crippen LogP contribution in [0.1, 0.15) is 5.56 Å². The number of benzene rings is 1. The number of carbonyl (C=O) groups excluding carboxylic acids is 1. The van der Waals surface area contributed by atoms with E-state index in [9.17, 15) is 0 Å². The molecule has 0 unspecified atom stereocenters. The summed E-state index contributed by atoms with van der Waals surface area (Å²) in [6, 6.07) is 6.50. The van der Waals surface area contributed by atoms with Crippen LogP contribution in [-0.2, 0) is 4.79 Å². The van der Waals surface area contributed by atoms with E-state index in [2.05, 4.69) is 25.1 Å². The fourth-order valence-electron chi connectivity index (χ4n) is 0.981. The average molecular weight is 133 g/mol. The van der Waals surface area contributed by atoms with Crippen molar-refractivity contribution in [3.63, 3.8) is 0 Å². The van der Waals surface area contributed by atoms with E-state index in [0.29, 0.717) is 0 Å². The first kappa shape index (κ1) is 6.72. The van der Waals surface area contributed by atoms with Gasteiger partial charge in [0.05, 0.1) is 0 Å². The highest BCUT2D eigenvalue weighted by atomic mass is 16.1. The van der Waals surface area contributed by atoms with Crippen molar-refractivity contribution in [3.8, 4) is 11.1 Å². The van der Waals surface area contributed by atoms with Crippen LogP contribution in [0.25, 0.3) is 11.1 Å². The highest BCUT2D eigenvalue weighted by Gasteiger charge is 2.10. The summed E-state index contributed by atoms with van der Waals surface area (Å²) >= 11 is 0. The van der Waals surface area contributed by atoms with E-state index >= 15 is 0 Å². The smallest absolute Gasteiger partial charge is 0.222 e. The topological polar surface area (TPSA) is 40.9 Å². The first-order valence-corrected chi connectivity index (χ1v) is 2.94. The molecule has 0 bridgehead atoms.